The van der Waals surface area contributed by atoms with Gasteiger partial charge in [0.25, 0.3) is 0 Å². The van der Waals surface area contributed by atoms with Crippen LogP contribution in [0.2, 0.25) is 0 Å². The lowest BCUT2D eigenvalue weighted by Gasteiger charge is -2.17. The Morgan fingerprint density at radius 1 is 1.39 bits per heavy atom. The van der Waals surface area contributed by atoms with E-state index in [1.165, 1.54) is 0 Å². The van der Waals surface area contributed by atoms with Crippen LogP contribution in [0.25, 0.3) is 0 Å². The minimum Gasteiger partial charge on any atom is -0.492 e. The smallest absolute Gasteiger partial charge is 0.171 e. The van der Waals surface area contributed by atoms with Gasteiger partial charge in [-0.3, -0.25) is 0 Å². The number of ether oxygens (including phenoxy) is 2. The number of para-hydroxylation sites is 2. The van der Waals surface area contributed by atoms with Crippen LogP contribution in [-0.2, 0) is 4.74 Å². The Morgan fingerprint density at radius 2 is 2.11 bits per heavy atom. The van der Waals surface area contributed by atoms with Crippen LogP contribution in [0.1, 0.15) is 13.8 Å². The predicted octanol–water partition coefficient (Wildman–Crippen LogP) is 2.41. The highest BCUT2D eigenvalue weighted by molar-refractivity contribution is 7.80. The third-order valence-corrected chi connectivity index (χ3v) is 2.45. The Morgan fingerprint density at radius 3 is 2.78 bits per heavy atom. The zero-order valence-corrected chi connectivity index (χ0v) is 11.8. The van der Waals surface area contributed by atoms with E-state index >= 15 is 0 Å². The molecule has 0 aliphatic heterocycles. The number of hydrogen-bond acceptors (Lipinski definition) is 3. The number of rotatable bonds is 6. The second-order valence-electron chi connectivity index (χ2n) is 3.88. The molecule has 4 nitrogen and oxygen atoms in total. The molecule has 18 heavy (non-hydrogen) atoms. The first-order chi connectivity index (χ1) is 8.67. The monoisotopic (exact) mass is 268 g/mol. The van der Waals surface area contributed by atoms with Crippen molar-refractivity contribution in [2.75, 3.05) is 25.6 Å². The highest BCUT2D eigenvalue weighted by atomic mass is 32.1. The zero-order valence-electron chi connectivity index (χ0n) is 11.0. The van der Waals surface area contributed by atoms with Gasteiger partial charge in [-0.15, -0.1) is 0 Å². The Bertz CT molecular complexity index is 385. The second-order valence-corrected chi connectivity index (χ2v) is 4.29. The number of anilines is 1. The summed E-state index contributed by atoms with van der Waals surface area (Å²) in [7, 11) is 1.67. The van der Waals surface area contributed by atoms with E-state index in [2.05, 4.69) is 10.6 Å². The van der Waals surface area contributed by atoms with E-state index in [1.54, 1.807) is 7.11 Å². The van der Waals surface area contributed by atoms with Crippen LogP contribution < -0.4 is 15.4 Å². The molecule has 1 unspecified atom stereocenters. The Hall–Kier alpha value is -1.33. The average molecular weight is 268 g/mol. The number of benzene rings is 1. The van der Waals surface area contributed by atoms with Gasteiger partial charge in [0, 0.05) is 13.2 Å². The third-order valence-electron chi connectivity index (χ3n) is 2.23. The number of nitrogens with one attached hydrogen (secondary N) is 2. The van der Waals surface area contributed by atoms with Gasteiger partial charge in [-0.25, -0.2) is 0 Å². The summed E-state index contributed by atoms with van der Waals surface area (Å²) in [4.78, 5) is 0. The molecule has 0 saturated carbocycles. The fourth-order valence-electron chi connectivity index (χ4n) is 1.53. The van der Waals surface area contributed by atoms with Gasteiger partial charge in [-0.05, 0) is 38.2 Å². The molecule has 100 valence electrons. The summed E-state index contributed by atoms with van der Waals surface area (Å²) in [6.07, 6.45) is 0. The lowest BCUT2D eigenvalue weighted by atomic mass is 10.3. The quantitative estimate of drug-likeness (QED) is 0.776. The van der Waals surface area contributed by atoms with Gasteiger partial charge in [0.05, 0.1) is 18.9 Å². The highest BCUT2D eigenvalue weighted by Gasteiger charge is 2.06. The molecule has 0 amide bonds. The molecule has 0 aromatic heterocycles. The van der Waals surface area contributed by atoms with Gasteiger partial charge < -0.3 is 20.1 Å². The van der Waals surface area contributed by atoms with Gasteiger partial charge in [0.15, 0.2) is 5.11 Å². The summed E-state index contributed by atoms with van der Waals surface area (Å²) >= 11 is 5.24. The Kier molecular flexibility index (Phi) is 6.46. The van der Waals surface area contributed by atoms with Crippen LogP contribution in [-0.4, -0.2) is 31.5 Å². The van der Waals surface area contributed by atoms with Gasteiger partial charge in [0.1, 0.15) is 5.75 Å². The molecule has 1 aromatic rings. The van der Waals surface area contributed by atoms with E-state index in [0.29, 0.717) is 18.3 Å². The van der Waals surface area contributed by atoms with Crippen molar-refractivity contribution in [3.05, 3.63) is 24.3 Å². The van der Waals surface area contributed by atoms with Crippen molar-refractivity contribution in [3.8, 4) is 5.75 Å². The van der Waals surface area contributed by atoms with Gasteiger partial charge in [0.2, 0.25) is 0 Å². The molecule has 0 radical (unpaired) electrons. The molecule has 0 aliphatic rings. The van der Waals surface area contributed by atoms with E-state index in [9.17, 15) is 0 Å². The molecule has 0 heterocycles. The van der Waals surface area contributed by atoms with Crippen LogP contribution in [0, 0.1) is 0 Å². The molecule has 5 heteroatoms. The summed E-state index contributed by atoms with van der Waals surface area (Å²) in [6.45, 7) is 5.19. The molecule has 0 fully saturated rings. The number of thiocarbonyl (C=S) groups is 1. The van der Waals surface area contributed by atoms with Crippen LogP contribution in [0.4, 0.5) is 5.69 Å². The van der Waals surface area contributed by atoms with Crippen molar-refractivity contribution in [2.24, 2.45) is 0 Å². The van der Waals surface area contributed by atoms with E-state index < -0.39 is 0 Å². The summed E-state index contributed by atoms with van der Waals surface area (Å²) in [5.74, 6) is 0.795. The molecule has 0 bridgehead atoms. The summed E-state index contributed by atoms with van der Waals surface area (Å²) < 4.78 is 10.6. The highest BCUT2D eigenvalue weighted by Crippen LogP contribution is 2.23. The normalized spacial score (nSPS) is 11.7. The maximum absolute atomic E-state index is 5.52. The molecule has 2 N–H and O–H groups in total. The summed E-state index contributed by atoms with van der Waals surface area (Å²) in [5, 5.41) is 6.82. The summed E-state index contributed by atoms with van der Waals surface area (Å²) in [6, 6.07) is 7.87. The lowest BCUT2D eigenvalue weighted by Crippen LogP contribution is -2.38. The average Bonchev–Trinajstić information content (AvgIpc) is 2.32. The third kappa shape index (κ3) is 4.89. The van der Waals surface area contributed by atoms with Crippen molar-refractivity contribution in [1.29, 1.82) is 0 Å². The van der Waals surface area contributed by atoms with Gasteiger partial charge in [-0.1, -0.05) is 12.1 Å². The standard InChI is InChI=1S/C13H20N2O2S/c1-4-17-12-8-6-5-7-11(12)15-13(18)14-10(2)9-16-3/h5-8,10H,4,9H2,1-3H3,(H2,14,15,18). The van der Waals surface area contributed by atoms with E-state index in [0.717, 1.165) is 11.4 Å². The van der Waals surface area contributed by atoms with Gasteiger partial charge in [-0.2, -0.15) is 0 Å². The van der Waals surface area contributed by atoms with Gasteiger partial charge >= 0.3 is 0 Å². The Labute approximate surface area is 114 Å². The second kappa shape index (κ2) is 7.89. The van der Waals surface area contributed by atoms with Crippen molar-refractivity contribution in [3.63, 3.8) is 0 Å². The summed E-state index contributed by atoms with van der Waals surface area (Å²) in [5.41, 5.74) is 0.862. The largest absolute Gasteiger partial charge is 0.492 e. The molecule has 0 saturated heterocycles. The fraction of sp³-hybridized carbons (Fsp3) is 0.462. The molecule has 0 spiro atoms. The number of methoxy groups -OCH3 is 1. The minimum absolute atomic E-state index is 0.161. The molecule has 0 aliphatic carbocycles. The molecule has 1 atom stereocenters. The van der Waals surface area contributed by atoms with Crippen LogP contribution in [0.15, 0.2) is 24.3 Å². The lowest BCUT2D eigenvalue weighted by molar-refractivity contribution is 0.179. The maximum Gasteiger partial charge on any atom is 0.171 e. The first kappa shape index (κ1) is 14.7. The minimum atomic E-state index is 0.161. The molecule has 1 rings (SSSR count). The van der Waals surface area contributed by atoms with E-state index in [-0.39, 0.29) is 6.04 Å². The fourth-order valence-corrected chi connectivity index (χ4v) is 1.84. The molecular formula is C13H20N2O2S. The molecule has 1 aromatic carbocycles. The predicted molar refractivity (Wildman–Crippen MR) is 78.3 cm³/mol. The van der Waals surface area contributed by atoms with Crippen LogP contribution in [0.3, 0.4) is 0 Å². The van der Waals surface area contributed by atoms with E-state index in [1.807, 2.05) is 38.1 Å². The van der Waals surface area contributed by atoms with Crippen LogP contribution >= 0.6 is 12.2 Å². The maximum atomic E-state index is 5.52. The van der Waals surface area contributed by atoms with Crippen molar-refractivity contribution < 1.29 is 9.47 Å². The van der Waals surface area contributed by atoms with E-state index in [4.69, 9.17) is 21.7 Å². The molecular weight excluding hydrogens is 248 g/mol. The van der Waals surface area contributed by atoms with Crippen molar-refractivity contribution >= 4 is 23.0 Å². The first-order valence-corrected chi connectivity index (χ1v) is 6.36. The topological polar surface area (TPSA) is 42.5 Å². The zero-order chi connectivity index (χ0) is 13.4. The first-order valence-electron chi connectivity index (χ1n) is 5.95. The SMILES string of the molecule is CCOc1ccccc1NC(=S)NC(C)COC. The Balaban J connectivity index is 2.58. The van der Waals surface area contributed by atoms with Crippen LogP contribution in [0.5, 0.6) is 5.75 Å². The van der Waals surface area contributed by atoms with Crippen molar-refractivity contribution in [2.45, 2.75) is 19.9 Å². The number of hydrogen-bond donors (Lipinski definition) is 2. The van der Waals surface area contributed by atoms with Crippen molar-refractivity contribution in [1.82, 2.24) is 5.32 Å².